The second-order valence-electron chi connectivity index (χ2n) is 3.82. The van der Waals surface area contributed by atoms with Gasteiger partial charge in [0.05, 0.1) is 22.7 Å². The van der Waals surface area contributed by atoms with Crippen molar-refractivity contribution in [3.8, 4) is 16.9 Å². The number of hydrogen-bond acceptors (Lipinski definition) is 2. The van der Waals surface area contributed by atoms with Gasteiger partial charge in [-0.15, -0.1) is 0 Å². The van der Waals surface area contributed by atoms with Crippen LogP contribution in [0.15, 0.2) is 36.4 Å². The molecule has 3 nitrogen and oxygen atoms in total. The average Bonchev–Trinajstić information content (AvgIpc) is 2.41. The Hall–Kier alpha value is -1.71. The van der Waals surface area contributed by atoms with Crippen LogP contribution in [-0.2, 0) is 0 Å². The van der Waals surface area contributed by atoms with Crippen LogP contribution in [0.3, 0.4) is 0 Å². The molecule has 0 fully saturated rings. The number of aromatic carboxylic acids is 1. The number of benzene rings is 2. The second-order valence-corrected chi connectivity index (χ2v) is 4.60. The van der Waals surface area contributed by atoms with Crippen molar-refractivity contribution < 1.29 is 14.6 Å². The van der Waals surface area contributed by atoms with E-state index >= 15 is 0 Å². The first-order valence-corrected chi connectivity index (χ1v) is 6.16. The maximum Gasteiger partial charge on any atom is 0.336 e. The number of ether oxygens (including phenoxy) is 1. The predicted octanol–water partition coefficient (Wildman–Crippen LogP) is 4.37. The molecule has 5 heteroatoms. The largest absolute Gasteiger partial charge is 0.497 e. The minimum atomic E-state index is -1.05. The first kappa shape index (κ1) is 13.7. The van der Waals surface area contributed by atoms with Gasteiger partial charge >= 0.3 is 5.97 Å². The molecule has 0 radical (unpaired) electrons. The van der Waals surface area contributed by atoms with Crippen molar-refractivity contribution >= 4 is 29.2 Å². The van der Waals surface area contributed by atoms with Gasteiger partial charge in [-0.1, -0.05) is 35.3 Å². The molecular weight excluding hydrogens is 287 g/mol. The van der Waals surface area contributed by atoms with Crippen LogP contribution in [0.4, 0.5) is 0 Å². The highest BCUT2D eigenvalue weighted by atomic mass is 35.5. The molecule has 2 aromatic rings. The standard InChI is InChI=1S/C14H10Cl2O3/c1-19-8-5-6-9(11(7-8)14(17)18)10-3-2-4-12(15)13(10)16/h2-7H,1H3,(H,17,18). The summed E-state index contributed by atoms with van der Waals surface area (Å²) in [5, 5.41) is 9.99. The third kappa shape index (κ3) is 2.67. The minimum Gasteiger partial charge on any atom is -0.497 e. The SMILES string of the molecule is COc1ccc(-c2cccc(Cl)c2Cl)c(C(=O)O)c1. The summed E-state index contributed by atoms with van der Waals surface area (Å²) >= 11 is 12.1. The number of carbonyl (C=O) groups is 1. The molecular formula is C14H10Cl2O3. The van der Waals surface area contributed by atoms with Crippen LogP contribution in [0.5, 0.6) is 5.75 Å². The number of halogens is 2. The summed E-state index contributed by atoms with van der Waals surface area (Å²) < 4.78 is 5.03. The van der Waals surface area contributed by atoms with Gasteiger partial charge in [0, 0.05) is 5.56 Å². The molecule has 19 heavy (non-hydrogen) atoms. The number of methoxy groups -OCH3 is 1. The number of carboxylic acids is 1. The van der Waals surface area contributed by atoms with Crippen LogP contribution in [0.1, 0.15) is 10.4 Å². The van der Waals surface area contributed by atoms with Crippen LogP contribution >= 0.6 is 23.2 Å². The van der Waals surface area contributed by atoms with Gasteiger partial charge in [-0.25, -0.2) is 4.79 Å². The average molecular weight is 297 g/mol. The lowest BCUT2D eigenvalue weighted by Crippen LogP contribution is -2.00. The van der Waals surface area contributed by atoms with Gasteiger partial charge in [0.15, 0.2) is 0 Å². The zero-order valence-electron chi connectivity index (χ0n) is 9.98. The molecule has 0 atom stereocenters. The Morgan fingerprint density at radius 2 is 1.89 bits per heavy atom. The maximum absolute atomic E-state index is 11.3. The monoisotopic (exact) mass is 296 g/mol. The fraction of sp³-hybridized carbons (Fsp3) is 0.0714. The first-order chi connectivity index (χ1) is 9.04. The van der Waals surface area contributed by atoms with E-state index in [9.17, 15) is 9.90 Å². The molecule has 98 valence electrons. The quantitative estimate of drug-likeness (QED) is 0.915. The summed E-state index contributed by atoms with van der Waals surface area (Å²) in [6, 6.07) is 9.88. The van der Waals surface area contributed by atoms with Gasteiger partial charge in [0.25, 0.3) is 0 Å². The highest BCUT2D eigenvalue weighted by Crippen LogP contribution is 2.36. The van der Waals surface area contributed by atoms with Gasteiger partial charge in [0.1, 0.15) is 5.75 Å². The predicted molar refractivity (Wildman–Crippen MR) is 75.4 cm³/mol. The van der Waals surface area contributed by atoms with Gasteiger partial charge in [-0.3, -0.25) is 0 Å². The van der Waals surface area contributed by atoms with E-state index in [0.29, 0.717) is 26.9 Å². The molecule has 0 spiro atoms. The Labute approximate surface area is 120 Å². The Morgan fingerprint density at radius 3 is 2.53 bits per heavy atom. The molecule has 2 rings (SSSR count). The van der Waals surface area contributed by atoms with Crippen molar-refractivity contribution in [1.82, 2.24) is 0 Å². The topological polar surface area (TPSA) is 46.5 Å². The number of hydrogen-bond donors (Lipinski definition) is 1. The van der Waals surface area contributed by atoms with E-state index in [1.165, 1.54) is 13.2 Å². The van der Waals surface area contributed by atoms with Gasteiger partial charge < -0.3 is 9.84 Å². The Kier molecular flexibility index (Phi) is 3.98. The lowest BCUT2D eigenvalue weighted by Gasteiger charge is -2.10. The Bertz CT molecular complexity index is 639. The van der Waals surface area contributed by atoms with Crippen molar-refractivity contribution in [1.29, 1.82) is 0 Å². The van der Waals surface area contributed by atoms with E-state index in [1.54, 1.807) is 30.3 Å². The fourth-order valence-corrected chi connectivity index (χ4v) is 2.18. The summed E-state index contributed by atoms with van der Waals surface area (Å²) in [6.45, 7) is 0. The van der Waals surface area contributed by atoms with Crippen LogP contribution in [-0.4, -0.2) is 18.2 Å². The molecule has 0 unspecified atom stereocenters. The van der Waals surface area contributed by atoms with E-state index in [1.807, 2.05) is 0 Å². The Morgan fingerprint density at radius 1 is 1.16 bits per heavy atom. The second kappa shape index (κ2) is 5.51. The third-order valence-corrected chi connectivity index (χ3v) is 3.52. The van der Waals surface area contributed by atoms with Gasteiger partial charge in [-0.05, 0) is 29.8 Å². The van der Waals surface area contributed by atoms with Crippen LogP contribution in [0, 0.1) is 0 Å². The van der Waals surface area contributed by atoms with E-state index in [4.69, 9.17) is 27.9 Å². The van der Waals surface area contributed by atoms with Crippen molar-refractivity contribution in [2.75, 3.05) is 7.11 Å². The van der Waals surface area contributed by atoms with E-state index in [2.05, 4.69) is 0 Å². The molecule has 0 heterocycles. The molecule has 1 N–H and O–H groups in total. The van der Waals surface area contributed by atoms with Crippen molar-refractivity contribution in [2.24, 2.45) is 0 Å². The smallest absolute Gasteiger partial charge is 0.336 e. The van der Waals surface area contributed by atoms with Crippen molar-refractivity contribution in [3.05, 3.63) is 52.0 Å². The van der Waals surface area contributed by atoms with E-state index in [-0.39, 0.29) is 5.56 Å². The fourth-order valence-electron chi connectivity index (χ4n) is 1.77. The normalized spacial score (nSPS) is 10.3. The molecule has 0 aliphatic rings. The van der Waals surface area contributed by atoms with Crippen molar-refractivity contribution in [3.63, 3.8) is 0 Å². The molecule has 0 saturated carbocycles. The van der Waals surface area contributed by atoms with Gasteiger partial charge in [0.2, 0.25) is 0 Å². The molecule has 0 aliphatic heterocycles. The summed E-state index contributed by atoms with van der Waals surface area (Å²) in [5.74, 6) is -0.579. The maximum atomic E-state index is 11.3. The van der Waals surface area contributed by atoms with E-state index in [0.717, 1.165) is 0 Å². The molecule has 0 saturated heterocycles. The molecule has 0 amide bonds. The van der Waals surface area contributed by atoms with Gasteiger partial charge in [-0.2, -0.15) is 0 Å². The lowest BCUT2D eigenvalue weighted by molar-refractivity contribution is 0.0697. The number of rotatable bonds is 3. The molecule has 0 bridgehead atoms. The minimum absolute atomic E-state index is 0.114. The van der Waals surface area contributed by atoms with Crippen LogP contribution in [0.2, 0.25) is 10.0 Å². The zero-order chi connectivity index (χ0) is 14.0. The molecule has 0 aromatic heterocycles. The zero-order valence-corrected chi connectivity index (χ0v) is 11.5. The summed E-state index contributed by atoms with van der Waals surface area (Å²) in [6.07, 6.45) is 0. The third-order valence-electron chi connectivity index (χ3n) is 2.70. The molecule has 2 aromatic carbocycles. The molecule has 0 aliphatic carbocycles. The number of carboxylic acid groups (broad SMARTS) is 1. The van der Waals surface area contributed by atoms with Crippen molar-refractivity contribution in [2.45, 2.75) is 0 Å². The van der Waals surface area contributed by atoms with Crippen LogP contribution < -0.4 is 4.74 Å². The summed E-state index contributed by atoms with van der Waals surface area (Å²) in [4.78, 5) is 11.3. The summed E-state index contributed by atoms with van der Waals surface area (Å²) in [5.41, 5.74) is 1.19. The van der Waals surface area contributed by atoms with Crippen LogP contribution in [0.25, 0.3) is 11.1 Å². The highest BCUT2D eigenvalue weighted by molar-refractivity contribution is 6.43. The first-order valence-electron chi connectivity index (χ1n) is 5.40. The Balaban J connectivity index is 2.68. The lowest BCUT2D eigenvalue weighted by atomic mass is 9.99. The van der Waals surface area contributed by atoms with E-state index < -0.39 is 5.97 Å². The highest BCUT2D eigenvalue weighted by Gasteiger charge is 2.16. The summed E-state index contributed by atoms with van der Waals surface area (Å²) in [7, 11) is 1.48.